The van der Waals surface area contributed by atoms with Crippen molar-refractivity contribution in [2.75, 3.05) is 21.9 Å². The quantitative estimate of drug-likeness (QED) is 0.221. The Kier molecular flexibility index (Phi) is 8.23. The maximum Gasteiger partial charge on any atom is 0.416 e. The maximum atomic E-state index is 13.3. The summed E-state index contributed by atoms with van der Waals surface area (Å²) in [7, 11) is -4.46. The van der Waals surface area contributed by atoms with Crippen molar-refractivity contribution in [3.8, 4) is 0 Å². The van der Waals surface area contributed by atoms with Gasteiger partial charge in [-0.25, -0.2) is 8.42 Å². The van der Waals surface area contributed by atoms with Gasteiger partial charge in [0.1, 0.15) is 6.54 Å². The van der Waals surface area contributed by atoms with E-state index in [1.54, 1.807) is 12.1 Å². The number of carbonyl (C=O) groups excluding carboxylic acids is 1. The van der Waals surface area contributed by atoms with Crippen molar-refractivity contribution in [2.24, 2.45) is 0 Å². The summed E-state index contributed by atoms with van der Waals surface area (Å²) < 4.78 is 67.7. The molecule has 3 rings (SSSR count). The van der Waals surface area contributed by atoms with Crippen molar-refractivity contribution in [1.29, 1.82) is 0 Å². The molecule has 1 heterocycles. The number of hydrogen-bond acceptors (Lipinski definition) is 7. The molecule has 1 aromatic heterocycles. The molecule has 0 unspecified atom stereocenters. The zero-order valence-electron chi connectivity index (χ0n) is 17.1. The van der Waals surface area contributed by atoms with Crippen LogP contribution < -0.4 is 9.62 Å². The van der Waals surface area contributed by atoms with Crippen molar-refractivity contribution in [3.05, 3.63) is 71.8 Å². The average Bonchev–Trinajstić information content (AvgIpc) is 3.23. The number of carbonyl (C=O) groups is 1. The van der Waals surface area contributed by atoms with Crippen LogP contribution in [0, 0.1) is 0 Å². The van der Waals surface area contributed by atoms with Crippen molar-refractivity contribution in [2.45, 2.75) is 15.4 Å². The molecule has 0 saturated heterocycles. The van der Waals surface area contributed by atoms with Crippen LogP contribution in [0.25, 0.3) is 0 Å². The Morgan fingerprint density at radius 1 is 1.21 bits per heavy atom. The van der Waals surface area contributed by atoms with Crippen LogP contribution in [0.3, 0.4) is 0 Å². The highest BCUT2D eigenvalue weighted by atomic mass is 35.5. The van der Waals surface area contributed by atoms with Crippen LogP contribution in [0.4, 0.5) is 24.0 Å². The van der Waals surface area contributed by atoms with E-state index in [0.29, 0.717) is 20.5 Å². The second-order valence-electron chi connectivity index (χ2n) is 6.51. The number of nitrogens with one attached hydrogen (secondary N) is 1. The number of thioether (sulfide) groups is 1. The van der Waals surface area contributed by atoms with Crippen molar-refractivity contribution in [3.63, 3.8) is 0 Å². The van der Waals surface area contributed by atoms with E-state index in [-0.39, 0.29) is 15.0 Å². The Hall–Kier alpha value is -2.61. The van der Waals surface area contributed by atoms with Crippen LogP contribution >= 0.6 is 34.7 Å². The Balaban J connectivity index is 1.97. The summed E-state index contributed by atoms with van der Waals surface area (Å²) in [4.78, 5) is 12.5. The lowest BCUT2D eigenvalue weighted by Gasteiger charge is -2.25. The molecule has 34 heavy (non-hydrogen) atoms. The number of halogens is 4. The van der Waals surface area contributed by atoms with E-state index < -0.39 is 39.9 Å². The minimum absolute atomic E-state index is 0.101. The minimum atomic E-state index is -4.75. The first-order valence-corrected chi connectivity index (χ1v) is 13.0. The number of sulfonamides is 1. The first kappa shape index (κ1) is 26.0. The molecule has 14 heteroatoms. The number of benzene rings is 2. The molecule has 0 saturated carbocycles. The molecule has 180 valence electrons. The summed E-state index contributed by atoms with van der Waals surface area (Å²) in [6.07, 6.45) is -3.09. The van der Waals surface area contributed by atoms with Crippen LogP contribution in [-0.4, -0.2) is 36.8 Å². The normalized spacial score (nSPS) is 11.8. The largest absolute Gasteiger partial charge is 0.416 e. The molecule has 0 fully saturated rings. The van der Waals surface area contributed by atoms with E-state index in [1.165, 1.54) is 36.0 Å². The summed E-state index contributed by atoms with van der Waals surface area (Å²) in [6, 6.07) is 9.23. The molecule has 0 aliphatic heterocycles. The van der Waals surface area contributed by atoms with Gasteiger partial charge in [0.25, 0.3) is 10.0 Å². The van der Waals surface area contributed by atoms with Crippen LogP contribution in [0.15, 0.2) is 70.4 Å². The van der Waals surface area contributed by atoms with Crippen molar-refractivity contribution < 1.29 is 26.4 Å². The number of nitrogens with zero attached hydrogens (tertiary/aromatic N) is 3. The number of rotatable bonds is 9. The summed E-state index contributed by atoms with van der Waals surface area (Å²) in [5.74, 6) is -0.274. The number of aromatic nitrogens is 2. The van der Waals surface area contributed by atoms with Crippen LogP contribution in [0.5, 0.6) is 0 Å². The fraction of sp³-hybridized carbons (Fsp3) is 0.150. The van der Waals surface area contributed by atoms with E-state index in [2.05, 4.69) is 22.1 Å². The number of alkyl halides is 3. The smallest absolute Gasteiger partial charge is 0.299 e. The standard InChI is InChI=1S/C20H16ClF3N4O3S3/c1-2-10-32-19-27-26-18(33-19)25-17(29)12-28(34(30,31)14-6-4-3-5-7-14)16-11-13(20(22,23)24)8-9-15(16)21/h2-9,11H,1,10,12H2,(H,25,26,29). The molecule has 3 aromatic rings. The molecule has 0 spiro atoms. The van der Waals surface area contributed by atoms with Gasteiger partial charge in [-0.3, -0.25) is 14.4 Å². The monoisotopic (exact) mass is 548 g/mol. The van der Waals surface area contributed by atoms with Gasteiger partial charge in [0, 0.05) is 5.75 Å². The fourth-order valence-electron chi connectivity index (χ4n) is 2.64. The zero-order chi connectivity index (χ0) is 24.9. The van der Waals surface area contributed by atoms with Gasteiger partial charge in [-0.05, 0) is 30.3 Å². The highest BCUT2D eigenvalue weighted by molar-refractivity contribution is 8.01. The maximum absolute atomic E-state index is 13.3. The topological polar surface area (TPSA) is 92.3 Å². The Morgan fingerprint density at radius 2 is 1.91 bits per heavy atom. The van der Waals surface area contributed by atoms with Gasteiger partial charge in [-0.15, -0.1) is 16.8 Å². The third-order valence-electron chi connectivity index (χ3n) is 4.14. The van der Waals surface area contributed by atoms with E-state index in [1.807, 2.05) is 0 Å². The first-order valence-electron chi connectivity index (χ1n) is 9.34. The van der Waals surface area contributed by atoms with Crippen LogP contribution in [0.2, 0.25) is 5.02 Å². The number of anilines is 2. The SMILES string of the molecule is C=CCSc1nnc(NC(=O)CN(c2cc(C(F)(F)F)ccc2Cl)S(=O)(=O)c2ccccc2)s1. The minimum Gasteiger partial charge on any atom is -0.299 e. The molecule has 2 aromatic carbocycles. The predicted molar refractivity (Wildman–Crippen MR) is 127 cm³/mol. The molecule has 0 radical (unpaired) electrons. The Morgan fingerprint density at radius 3 is 2.56 bits per heavy atom. The highest BCUT2D eigenvalue weighted by Crippen LogP contribution is 2.37. The summed E-state index contributed by atoms with van der Waals surface area (Å²) >= 11 is 8.48. The molecule has 7 nitrogen and oxygen atoms in total. The highest BCUT2D eigenvalue weighted by Gasteiger charge is 2.34. The molecule has 0 aliphatic rings. The predicted octanol–water partition coefficient (Wildman–Crippen LogP) is 5.32. The van der Waals surface area contributed by atoms with Gasteiger partial charge in [-0.2, -0.15) is 13.2 Å². The van der Waals surface area contributed by atoms with Gasteiger partial charge in [0.2, 0.25) is 11.0 Å². The summed E-state index contributed by atoms with van der Waals surface area (Å²) in [6.45, 7) is 2.74. The third kappa shape index (κ3) is 6.29. The van der Waals surface area contributed by atoms with Gasteiger partial charge in [0.05, 0.1) is 21.2 Å². The van der Waals surface area contributed by atoms with Gasteiger partial charge in [-0.1, -0.05) is 59.0 Å². The Labute approximate surface area is 206 Å². The molecule has 1 N–H and O–H groups in total. The van der Waals surface area contributed by atoms with Crippen molar-refractivity contribution >= 4 is 61.4 Å². The molecule has 1 amide bonds. The first-order chi connectivity index (χ1) is 16.0. The number of amides is 1. The van der Waals surface area contributed by atoms with Crippen molar-refractivity contribution in [1.82, 2.24) is 10.2 Å². The summed E-state index contributed by atoms with van der Waals surface area (Å²) in [5.41, 5.74) is -1.61. The second kappa shape index (κ2) is 10.8. The number of hydrogen-bond donors (Lipinski definition) is 1. The van der Waals surface area contributed by atoms with Crippen LogP contribution in [0.1, 0.15) is 5.56 Å². The van der Waals surface area contributed by atoms with Gasteiger partial charge >= 0.3 is 6.18 Å². The van der Waals surface area contributed by atoms with Gasteiger partial charge in [0.15, 0.2) is 4.34 Å². The molecular weight excluding hydrogens is 533 g/mol. The van der Waals surface area contributed by atoms with Crippen LogP contribution in [-0.2, 0) is 21.0 Å². The molecule has 0 bridgehead atoms. The van der Waals surface area contributed by atoms with E-state index >= 15 is 0 Å². The molecule has 0 aliphatic carbocycles. The third-order valence-corrected chi connectivity index (χ3v) is 8.20. The van der Waals surface area contributed by atoms with E-state index in [9.17, 15) is 26.4 Å². The molecular formula is C20H16ClF3N4O3S3. The van der Waals surface area contributed by atoms with Gasteiger partial charge < -0.3 is 0 Å². The lowest BCUT2D eigenvalue weighted by molar-refractivity contribution is -0.137. The lowest BCUT2D eigenvalue weighted by Crippen LogP contribution is -2.38. The zero-order valence-corrected chi connectivity index (χ0v) is 20.3. The molecule has 0 atom stereocenters. The Bertz CT molecular complexity index is 1280. The fourth-order valence-corrected chi connectivity index (χ4v) is 5.89. The van der Waals surface area contributed by atoms with E-state index in [0.717, 1.165) is 23.5 Å². The lowest BCUT2D eigenvalue weighted by atomic mass is 10.2. The second-order valence-corrected chi connectivity index (χ2v) is 11.0. The average molecular weight is 549 g/mol. The van der Waals surface area contributed by atoms with E-state index in [4.69, 9.17) is 11.6 Å². The summed E-state index contributed by atoms with van der Waals surface area (Å²) in [5, 5.41) is 9.94.